The van der Waals surface area contributed by atoms with Gasteiger partial charge in [-0.1, -0.05) is 6.07 Å². The summed E-state index contributed by atoms with van der Waals surface area (Å²) < 4.78 is 0. The Hall–Kier alpha value is -2.89. The minimum absolute atomic E-state index is 0.163. The molecule has 2 amide bonds. The number of benzene rings is 1. The number of nitrogens with zero attached hydrogens (tertiary/aromatic N) is 1. The number of nitrogens with one attached hydrogen (secondary N) is 1. The van der Waals surface area contributed by atoms with Crippen LogP contribution in [0.15, 0.2) is 36.5 Å². The Morgan fingerprint density at radius 2 is 1.86 bits per heavy atom. The number of imide groups is 1. The number of Topliss-reactive ketones (excluding diaryl/α,β-unsaturated/α-hetero) is 1. The van der Waals surface area contributed by atoms with E-state index in [1.807, 2.05) is 0 Å². The number of amides is 2. The van der Waals surface area contributed by atoms with Crippen molar-refractivity contribution in [1.82, 2.24) is 4.98 Å². The summed E-state index contributed by atoms with van der Waals surface area (Å²) in [5, 5.41) is 0. The summed E-state index contributed by atoms with van der Waals surface area (Å²) in [4.78, 5) is 39.2. The summed E-state index contributed by atoms with van der Waals surface area (Å²) in [7, 11) is 0. The zero-order valence-corrected chi connectivity index (χ0v) is 11.7. The standard InChI is InChI=1S/C15H15N3O3/c1-9(19)11-6-14(17-8-11)15(21)18(10(2)20)13-5-3-4-12(16)7-13/h3-8,17H,16H2,1-2H3. The van der Waals surface area contributed by atoms with Crippen molar-refractivity contribution >= 4 is 29.0 Å². The van der Waals surface area contributed by atoms with E-state index in [2.05, 4.69) is 4.98 Å². The summed E-state index contributed by atoms with van der Waals surface area (Å²) in [5.74, 6) is -1.14. The molecule has 0 radical (unpaired) electrons. The van der Waals surface area contributed by atoms with Crippen LogP contribution in [0.5, 0.6) is 0 Å². The molecule has 0 aliphatic rings. The number of hydrogen-bond acceptors (Lipinski definition) is 4. The topological polar surface area (TPSA) is 96.3 Å². The zero-order valence-electron chi connectivity index (χ0n) is 11.7. The quantitative estimate of drug-likeness (QED) is 0.665. The Balaban J connectivity index is 2.40. The predicted octanol–water partition coefficient (Wildman–Crippen LogP) is 1.99. The van der Waals surface area contributed by atoms with Gasteiger partial charge >= 0.3 is 0 Å². The van der Waals surface area contributed by atoms with Gasteiger partial charge in [0.2, 0.25) is 5.91 Å². The largest absolute Gasteiger partial charge is 0.399 e. The summed E-state index contributed by atoms with van der Waals surface area (Å²) in [6, 6.07) is 7.89. The van der Waals surface area contributed by atoms with Crippen molar-refractivity contribution in [1.29, 1.82) is 0 Å². The fraction of sp³-hybridized carbons (Fsp3) is 0.133. The molecule has 1 aromatic heterocycles. The van der Waals surface area contributed by atoms with E-state index in [1.54, 1.807) is 18.2 Å². The van der Waals surface area contributed by atoms with Crippen LogP contribution in [0.4, 0.5) is 11.4 Å². The van der Waals surface area contributed by atoms with E-state index in [4.69, 9.17) is 5.73 Å². The van der Waals surface area contributed by atoms with Crippen molar-refractivity contribution in [3.63, 3.8) is 0 Å². The summed E-state index contributed by atoms with van der Waals surface area (Å²) in [6.07, 6.45) is 1.44. The molecular weight excluding hydrogens is 270 g/mol. The first-order valence-corrected chi connectivity index (χ1v) is 6.30. The molecule has 21 heavy (non-hydrogen) atoms. The molecule has 0 atom stereocenters. The fourth-order valence-electron chi connectivity index (χ4n) is 1.95. The molecule has 108 valence electrons. The van der Waals surface area contributed by atoms with Gasteiger partial charge in [-0.3, -0.25) is 14.4 Å². The molecule has 0 aliphatic heterocycles. The number of nitrogen functional groups attached to an aromatic ring is 1. The lowest BCUT2D eigenvalue weighted by atomic mass is 10.2. The molecule has 1 heterocycles. The van der Waals surface area contributed by atoms with E-state index in [0.717, 1.165) is 4.90 Å². The number of aromatic nitrogens is 1. The zero-order chi connectivity index (χ0) is 15.6. The molecule has 0 fully saturated rings. The maximum absolute atomic E-state index is 12.5. The highest BCUT2D eigenvalue weighted by Crippen LogP contribution is 2.20. The lowest BCUT2D eigenvalue weighted by Crippen LogP contribution is -2.35. The van der Waals surface area contributed by atoms with Crippen LogP contribution in [0, 0.1) is 0 Å². The van der Waals surface area contributed by atoms with Crippen molar-refractivity contribution in [2.24, 2.45) is 0 Å². The monoisotopic (exact) mass is 285 g/mol. The maximum Gasteiger partial charge on any atom is 0.281 e. The molecule has 2 aromatic rings. The number of rotatable bonds is 3. The van der Waals surface area contributed by atoms with Gasteiger partial charge in [0.05, 0.1) is 5.69 Å². The molecule has 0 aliphatic carbocycles. The molecule has 0 saturated carbocycles. The first-order chi connectivity index (χ1) is 9.90. The first kappa shape index (κ1) is 14.5. The van der Waals surface area contributed by atoms with Crippen molar-refractivity contribution in [2.75, 3.05) is 10.6 Å². The summed E-state index contributed by atoms with van der Waals surface area (Å²) >= 11 is 0. The third-order valence-corrected chi connectivity index (χ3v) is 2.97. The molecule has 0 bridgehead atoms. The lowest BCUT2D eigenvalue weighted by molar-refractivity contribution is -0.115. The van der Waals surface area contributed by atoms with Crippen LogP contribution in [-0.2, 0) is 4.79 Å². The van der Waals surface area contributed by atoms with Gasteiger partial charge in [-0.05, 0) is 31.2 Å². The Morgan fingerprint density at radius 3 is 2.38 bits per heavy atom. The smallest absolute Gasteiger partial charge is 0.281 e. The molecule has 0 unspecified atom stereocenters. The minimum atomic E-state index is -0.541. The van der Waals surface area contributed by atoms with Crippen LogP contribution in [0.1, 0.15) is 34.7 Å². The fourth-order valence-corrected chi connectivity index (χ4v) is 1.95. The highest BCUT2D eigenvalue weighted by atomic mass is 16.2. The van der Waals surface area contributed by atoms with Gasteiger partial charge in [-0.2, -0.15) is 0 Å². The molecule has 6 nitrogen and oxygen atoms in total. The Bertz CT molecular complexity index is 718. The van der Waals surface area contributed by atoms with Crippen LogP contribution in [0.2, 0.25) is 0 Å². The van der Waals surface area contributed by atoms with Crippen LogP contribution >= 0.6 is 0 Å². The predicted molar refractivity (Wildman–Crippen MR) is 79.1 cm³/mol. The van der Waals surface area contributed by atoms with E-state index < -0.39 is 11.8 Å². The van der Waals surface area contributed by atoms with E-state index in [-0.39, 0.29) is 11.5 Å². The van der Waals surface area contributed by atoms with Crippen LogP contribution < -0.4 is 10.6 Å². The van der Waals surface area contributed by atoms with Crippen LogP contribution in [0.3, 0.4) is 0 Å². The van der Waals surface area contributed by atoms with Crippen molar-refractivity contribution in [3.05, 3.63) is 47.8 Å². The number of carbonyl (C=O) groups excluding carboxylic acids is 3. The molecule has 0 saturated heterocycles. The molecular formula is C15H15N3O3. The number of ketones is 1. The van der Waals surface area contributed by atoms with Gasteiger partial charge in [0.25, 0.3) is 5.91 Å². The average Bonchev–Trinajstić information content (AvgIpc) is 2.88. The second-order valence-corrected chi connectivity index (χ2v) is 4.61. The summed E-state index contributed by atoms with van der Waals surface area (Å²) in [6.45, 7) is 2.69. The normalized spacial score (nSPS) is 10.2. The number of carbonyl (C=O) groups is 3. The summed E-state index contributed by atoms with van der Waals surface area (Å²) in [5.41, 5.74) is 7.05. The minimum Gasteiger partial charge on any atom is -0.399 e. The third-order valence-electron chi connectivity index (χ3n) is 2.97. The third kappa shape index (κ3) is 3.00. The highest BCUT2D eigenvalue weighted by Gasteiger charge is 2.23. The van der Waals surface area contributed by atoms with Crippen LogP contribution in [0.25, 0.3) is 0 Å². The number of hydrogen-bond donors (Lipinski definition) is 2. The van der Waals surface area contributed by atoms with Gasteiger partial charge in [-0.25, -0.2) is 4.90 Å². The first-order valence-electron chi connectivity index (χ1n) is 6.30. The van der Waals surface area contributed by atoms with E-state index in [1.165, 1.54) is 32.2 Å². The van der Waals surface area contributed by atoms with Gasteiger partial charge in [0.1, 0.15) is 5.69 Å². The molecule has 3 N–H and O–H groups in total. The SMILES string of the molecule is CC(=O)c1c[nH]c(C(=O)N(C(C)=O)c2cccc(N)c2)c1. The van der Waals surface area contributed by atoms with Crippen molar-refractivity contribution in [2.45, 2.75) is 13.8 Å². The van der Waals surface area contributed by atoms with Crippen molar-refractivity contribution < 1.29 is 14.4 Å². The van der Waals surface area contributed by atoms with Crippen molar-refractivity contribution in [3.8, 4) is 0 Å². The highest BCUT2D eigenvalue weighted by molar-refractivity contribution is 6.20. The average molecular weight is 285 g/mol. The van der Waals surface area contributed by atoms with Gasteiger partial charge in [-0.15, -0.1) is 0 Å². The number of H-pyrrole nitrogens is 1. The van der Waals surface area contributed by atoms with E-state index in [9.17, 15) is 14.4 Å². The Labute approximate surface area is 121 Å². The lowest BCUT2D eigenvalue weighted by Gasteiger charge is -2.18. The van der Waals surface area contributed by atoms with Gasteiger partial charge < -0.3 is 10.7 Å². The van der Waals surface area contributed by atoms with Gasteiger partial charge in [0.15, 0.2) is 5.78 Å². The Kier molecular flexibility index (Phi) is 3.89. The van der Waals surface area contributed by atoms with Crippen LogP contribution in [-0.4, -0.2) is 22.6 Å². The second kappa shape index (κ2) is 5.62. The van der Waals surface area contributed by atoms with Gasteiger partial charge in [0, 0.05) is 24.4 Å². The number of anilines is 2. The maximum atomic E-state index is 12.5. The molecule has 0 spiro atoms. The molecule has 2 rings (SSSR count). The van der Waals surface area contributed by atoms with E-state index in [0.29, 0.717) is 16.9 Å². The number of nitrogens with two attached hydrogens (primary N) is 1. The second-order valence-electron chi connectivity index (χ2n) is 4.61. The molecule has 1 aromatic carbocycles. The molecule has 6 heteroatoms. The van der Waals surface area contributed by atoms with E-state index >= 15 is 0 Å². The Morgan fingerprint density at radius 1 is 1.14 bits per heavy atom. The number of aromatic amines is 1.